The highest BCUT2D eigenvalue weighted by Gasteiger charge is 2.42. The van der Waals surface area contributed by atoms with Crippen molar-refractivity contribution in [1.82, 2.24) is 4.90 Å². The Morgan fingerprint density at radius 1 is 1.14 bits per heavy atom. The van der Waals surface area contributed by atoms with Crippen molar-refractivity contribution in [1.29, 1.82) is 0 Å². The molecule has 1 aliphatic rings. The fourth-order valence-corrected chi connectivity index (χ4v) is 3.55. The van der Waals surface area contributed by atoms with Crippen LogP contribution in [0.15, 0.2) is 54.6 Å². The molecule has 156 valence electrons. The van der Waals surface area contributed by atoms with E-state index in [9.17, 15) is 23.1 Å². The van der Waals surface area contributed by atoms with Crippen LogP contribution in [0.4, 0.5) is 13.2 Å². The molecule has 0 spiro atoms. The summed E-state index contributed by atoms with van der Waals surface area (Å²) in [4.78, 5) is 14.3. The first-order chi connectivity index (χ1) is 13.8. The Morgan fingerprint density at radius 3 is 2.45 bits per heavy atom. The first kappa shape index (κ1) is 21.2. The van der Waals surface area contributed by atoms with Crippen molar-refractivity contribution in [2.24, 2.45) is 0 Å². The van der Waals surface area contributed by atoms with E-state index in [4.69, 9.17) is 4.74 Å². The molecule has 0 bridgehead atoms. The van der Waals surface area contributed by atoms with Crippen LogP contribution in [0.1, 0.15) is 36.3 Å². The van der Waals surface area contributed by atoms with E-state index in [1.807, 2.05) is 0 Å². The van der Waals surface area contributed by atoms with Gasteiger partial charge < -0.3 is 14.7 Å². The summed E-state index contributed by atoms with van der Waals surface area (Å²) in [5, 5.41) is 10.0. The third-order valence-electron chi connectivity index (χ3n) is 5.13. The molecule has 4 nitrogen and oxygen atoms in total. The normalized spacial score (nSPS) is 17.8. The zero-order valence-corrected chi connectivity index (χ0v) is 15.9. The van der Waals surface area contributed by atoms with Crippen molar-refractivity contribution < 1.29 is 27.8 Å². The molecule has 1 fully saturated rings. The fourth-order valence-electron chi connectivity index (χ4n) is 3.55. The van der Waals surface area contributed by atoms with Crippen molar-refractivity contribution in [2.75, 3.05) is 13.2 Å². The van der Waals surface area contributed by atoms with Gasteiger partial charge in [0, 0.05) is 31.7 Å². The molecule has 1 amide bonds. The molecule has 2 atom stereocenters. The molecular weight excluding hydrogens is 383 g/mol. The molecule has 2 aromatic carbocycles. The highest BCUT2D eigenvalue weighted by Crippen LogP contribution is 2.38. The van der Waals surface area contributed by atoms with Gasteiger partial charge in [-0.05, 0) is 24.5 Å². The summed E-state index contributed by atoms with van der Waals surface area (Å²) in [6.45, 7) is 0.815. The molecule has 29 heavy (non-hydrogen) atoms. The van der Waals surface area contributed by atoms with Gasteiger partial charge >= 0.3 is 6.18 Å². The lowest BCUT2D eigenvalue weighted by atomic mass is 9.94. The monoisotopic (exact) mass is 407 g/mol. The van der Waals surface area contributed by atoms with E-state index in [-0.39, 0.29) is 30.5 Å². The van der Waals surface area contributed by atoms with Gasteiger partial charge in [0.05, 0.1) is 12.0 Å². The van der Waals surface area contributed by atoms with Gasteiger partial charge in [0.15, 0.2) is 0 Å². The van der Waals surface area contributed by atoms with Gasteiger partial charge in [-0.2, -0.15) is 13.2 Å². The summed E-state index contributed by atoms with van der Waals surface area (Å²) in [6, 6.07) is 14.0. The molecule has 0 saturated carbocycles. The van der Waals surface area contributed by atoms with Crippen LogP contribution in [0, 0.1) is 0 Å². The predicted octanol–water partition coefficient (Wildman–Crippen LogP) is 4.64. The van der Waals surface area contributed by atoms with Crippen LogP contribution in [0.25, 0.3) is 0 Å². The van der Waals surface area contributed by atoms with E-state index in [1.165, 1.54) is 35.2 Å². The highest BCUT2D eigenvalue weighted by atomic mass is 19.4. The molecule has 1 heterocycles. The summed E-state index contributed by atoms with van der Waals surface area (Å²) in [5.74, 6) is -2.49. The Morgan fingerprint density at radius 2 is 1.83 bits per heavy atom. The third kappa shape index (κ3) is 5.73. The lowest BCUT2D eigenvalue weighted by molar-refractivity contribution is -0.161. The number of aromatic hydroxyl groups is 1. The Bertz CT molecular complexity index is 804. The number of alkyl halides is 3. The van der Waals surface area contributed by atoms with Gasteiger partial charge in [-0.25, -0.2) is 0 Å². The van der Waals surface area contributed by atoms with Gasteiger partial charge in [-0.15, -0.1) is 0 Å². The Balaban J connectivity index is 1.81. The zero-order valence-electron chi connectivity index (χ0n) is 15.9. The number of hydrogen-bond acceptors (Lipinski definition) is 3. The maximum Gasteiger partial charge on any atom is 0.396 e. The van der Waals surface area contributed by atoms with Crippen molar-refractivity contribution in [2.45, 2.75) is 44.0 Å². The second-order valence-electron chi connectivity index (χ2n) is 7.25. The lowest BCUT2D eigenvalue weighted by Gasteiger charge is -2.28. The molecular formula is C22H24F3NO3. The Kier molecular flexibility index (Phi) is 6.79. The molecule has 1 N–H and O–H groups in total. The van der Waals surface area contributed by atoms with Crippen LogP contribution in [0.5, 0.6) is 5.75 Å². The zero-order chi connectivity index (χ0) is 20.9. The standard InChI is InChI=1S/C22H24F3NO3/c23-22(24,25)19(16-7-2-1-3-8-16)13-21(28)26(15-18-10-6-12-29-18)14-17-9-4-5-11-20(17)27/h1-5,7-9,11,18-19,27H,6,10,12-15H2. The maximum atomic E-state index is 13.7. The minimum atomic E-state index is -4.54. The first-order valence-electron chi connectivity index (χ1n) is 9.62. The van der Waals surface area contributed by atoms with Crippen LogP contribution >= 0.6 is 0 Å². The van der Waals surface area contributed by atoms with E-state index < -0.39 is 24.4 Å². The molecule has 2 aromatic rings. The number of carbonyl (C=O) groups is 1. The van der Waals surface area contributed by atoms with Gasteiger partial charge in [0.1, 0.15) is 5.75 Å². The van der Waals surface area contributed by atoms with E-state index in [1.54, 1.807) is 24.3 Å². The number of benzene rings is 2. The molecule has 0 aromatic heterocycles. The average Bonchev–Trinajstić information content (AvgIpc) is 3.20. The number of amides is 1. The second-order valence-corrected chi connectivity index (χ2v) is 7.25. The van der Waals surface area contributed by atoms with Crippen LogP contribution in [-0.4, -0.2) is 41.3 Å². The van der Waals surface area contributed by atoms with Crippen molar-refractivity contribution in [3.63, 3.8) is 0 Å². The van der Waals surface area contributed by atoms with Crippen LogP contribution in [0.3, 0.4) is 0 Å². The summed E-state index contributed by atoms with van der Waals surface area (Å²) in [7, 11) is 0. The van der Waals surface area contributed by atoms with E-state index in [2.05, 4.69) is 0 Å². The maximum absolute atomic E-state index is 13.7. The number of rotatable bonds is 7. The van der Waals surface area contributed by atoms with Crippen molar-refractivity contribution in [3.8, 4) is 5.75 Å². The third-order valence-corrected chi connectivity index (χ3v) is 5.13. The lowest BCUT2D eigenvalue weighted by Crippen LogP contribution is -2.39. The predicted molar refractivity (Wildman–Crippen MR) is 102 cm³/mol. The largest absolute Gasteiger partial charge is 0.508 e. The Hall–Kier alpha value is -2.54. The number of phenols is 1. The van der Waals surface area contributed by atoms with Gasteiger partial charge in [0.2, 0.25) is 5.91 Å². The van der Waals surface area contributed by atoms with Crippen LogP contribution < -0.4 is 0 Å². The average molecular weight is 407 g/mol. The summed E-state index contributed by atoms with van der Waals surface area (Å²) >= 11 is 0. The molecule has 7 heteroatoms. The number of nitrogens with zero attached hydrogens (tertiary/aromatic N) is 1. The van der Waals surface area contributed by atoms with Crippen LogP contribution in [-0.2, 0) is 16.1 Å². The Labute approximate surface area is 167 Å². The topological polar surface area (TPSA) is 49.8 Å². The highest BCUT2D eigenvalue weighted by molar-refractivity contribution is 5.77. The first-order valence-corrected chi connectivity index (χ1v) is 9.62. The number of para-hydroxylation sites is 1. The van der Waals surface area contributed by atoms with E-state index in [0.717, 1.165) is 12.8 Å². The number of phenolic OH excluding ortho intramolecular Hbond substituents is 1. The minimum Gasteiger partial charge on any atom is -0.508 e. The molecule has 1 aliphatic heterocycles. The van der Waals surface area contributed by atoms with E-state index >= 15 is 0 Å². The SMILES string of the molecule is O=C(CC(c1ccccc1)C(F)(F)F)N(Cc1ccccc1O)CC1CCCO1. The van der Waals surface area contributed by atoms with Crippen LogP contribution in [0.2, 0.25) is 0 Å². The molecule has 0 aliphatic carbocycles. The fraction of sp³-hybridized carbons (Fsp3) is 0.409. The van der Waals surface area contributed by atoms with Gasteiger partial charge in [-0.1, -0.05) is 48.5 Å². The molecule has 2 unspecified atom stereocenters. The second kappa shape index (κ2) is 9.31. The van der Waals surface area contributed by atoms with Crippen molar-refractivity contribution >= 4 is 5.91 Å². The summed E-state index contributed by atoms with van der Waals surface area (Å²) in [5.41, 5.74) is 0.551. The number of ether oxygens (including phenoxy) is 1. The minimum absolute atomic E-state index is 0.00747. The summed E-state index contributed by atoms with van der Waals surface area (Å²) in [6.07, 6.45) is -3.81. The smallest absolute Gasteiger partial charge is 0.396 e. The molecule has 0 radical (unpaired) electrons. The molecule has 3 rings (SSSR count). The van der Waals surface area contributed by atoms with E-state index in [0.29, 0.717) is 12.2 Å². The van der Waals surface area contributed by atoms with Crippen molar-refractivity contribution in [3.05, 3.63) is 65.7 Å². The van der Waals surface area contributed by atoms with Gasteiger partial charge in [-0.3, -0.25) is 4.79 Å². The number of carbonyl (C=O) groups excluding carboxylic acids is 1. The number of hydrogen-bond donors (Lipinski definition) is 1. The quantitative estimate of drug-likeness (QED) is 0.728. The number of halogens is 3. The molecule has 1 saturated heterocycles. The summed E-state index contributed by atoms with van der Waals surface area (Å²) < 4.78 is 46.6. The van der Waals surface area contributed by atoms with Gasteiger partial charge in [0.25, 0.3) is 0 Å².